The van der Waals surface area contributed by atoms with Crippen molar-refractivity contribution in [1.82, 2.24) is 0 Å². The SMILES string of the molecule is CCc1ccc(C2(CN)CCC2)cc1CC. The summed E-state index contributed by atoms with van der Waals surface area (Å²) < 4.78 is 0. The van der Waals surface area contributed by atoms with Crippen LogP contribution in [0.25, 0.3) is 0 Å². The van der Waals surface area contributed by atoms with Crippen molar-refractivity contribution in [3.05, 3.63) is 34.9 Å². The highest BCUT2D eigenvalue weighted by atomic mass is 14.6. The van der Waals surface area contributed by atoms with Crippen LogP contribution >= 0.6 is 0 Å². The molecule has 0 aromatic heterocycles. The van der Waals surface area contributed by atoms with Crippen molar-refractivity contribution in [2.24, 2.45) is 5.73 Å². The molecule has 0 atom stereocenters. The van der Waals surface area contributed by atoms with E-state index in [0.717, 1.165) is 19.4 Å². The molecule has 2 N–H and O–H groups in total. The van der Waals surface area contributed by atoms with Crippen LogP contribution in [0.4, 0.5) is 0 Å². The van der Waals surface area contributed by atoms with E-state index in [1.165, 1.54) is 36.0 Å². The van der Waals surface area contributed by atoms with Gasteiger partial charge in [-0.3, -0.25) is 0 Å². The van der Waals surface area contributed by atoms with Crippen molar-refractivity contribution in [3.63, 3.8) is 0 Å². The summed E-state index contributed by atoms with van der Waals surface area (Å²) in [5.41, 5.74) is 10.8. The zero-order valence-electron chi connectivity index (χ0n) is 10.6. The Morgan fingerprint density at radius 3 is 2.25 bits per heavy atom. The van der Waals surface area contributed by atoms with Crippen molar-refractivity contribution in [2.45, 2.75) is 51.4 Å². The minimum absolute atomic E-state index is 0.316. The lowest BCUT2D eigenvalue weighted by molar-refractivity contribution is 0.253. The lowest BCUT2D eigenvalue weighted by atomic mass is 9.64. The Bertz CT molecular complexity index is 358. The second-order valence-corrected chi connectivity index (χ2v) is 5.03. The minimum Gasteiger partial charge on any atom is -0.330 e. The largest absolute Gasteiger partial charge is 0.330 e. The summed E-state index contributed by atoms with van der Waals surface area (Å²) in [7, 11) is 0. The molecule has 1 aromatic rings. The average molecular weight is 217 g/mol. The summed E-state index contributed by atoms with van der Waals surface area (Å²) in [6.45, 7) is 5.28. The molecule has 1 heteroatoms. The minimum atomic E-state index is 0.316. The molecule has 0 saturated heterocycles. The molecule has 2 rings (SSSR count). The Morgan fingerprint density at radius 1 is 1.12 bits per heavy atom. The normalized spacial score (nSPS) is 18.2. The Labute approximate surface area is 99.0 Å². The standard InChI is InChI=1S/C15H23N/c1-3-12-6-7-14(10-13(12)4-2)15(11-16)8-5-9-15/h6-7,10H,3-5,8-9,11,16H2,1-2H3. The summed E-state index contributed by atoms with van der Waals surface area (Å²) in [5, 5.41) is 0. The number of benzene rings is 1. The fourth-order valence-corrected chi connectivity index (χ4v) is 2.84. The van der Waals surface area contributed by atoms with E-state index < -0.39 is 0 Å². The van der Waals surface area contributed by atoms with Gasteiger partial charge in [-0.15, -0.1) is 0 Å². The van der Waals surface area contributed by atoms with Crippen LogP contribution in [-0.4, -0.2) is 6.54 Å². The third-order valence-electron chi connectivity index (χ3n) is 4.28. The fraction of sp³-hybridized carbons (Fsp3) is 0.600. The van der Waals surface area contributed by atoms with E-state index in [2.05, 4.69) is 32.0 Å². The smallest absolute Gasteiger partial charge is 0.00756 e. The van der Waals surface area contributed by atoms with Crippen LogP contribution in [0.1, 0.15) is 49.8 Å². The van der Waals surface area contributed by atoms with E-state index in [1.54, 1.807) is 0 Å². The van der Waals surface area contributed by atoms with Crippen LogP contribution in [0.5, 0.6) is 0 Å². The van der Waals surface area contributed by atoms with Gasteiger partial charge in [0.05, 0.1) is 0 Å². The highest BCUT2D eigenvalue weighted by Crippen LogP contribution is 2.43. The van der Waals surface area contributed by atoms with Crippen molar-refractivity contribution < 1.29 is 0 Å². The fourth-order valence-electron chi connectivity index (χ4n) is 2.84. The maximum atomic E-state index is 5.96. The molecule has 1 nitrogen and oxygen atoms in total. The van der Waals surface area contributed by atoms with Gasteiger partial charge in [0.15, 0.2) is 0 Å². The molecule has 0 heterocycles. The van der Waals surface area contributed by atoms with Gasteiger partial charge < -0.3 is 5.73 Å². The summed E-state index contributed by atoms with van der Waals surface area (Å²) >= 11 is 0. The third-order valence-corrected chi connectivity index (χ3v) is 4.28. The van der Waals surface area contributed by atoms with E-state index in [0.29, 0.717) is 5.41 Å². The van der Waals surface area contributed by atoms with Gasteiger partial charge in [-0.2, -0.15) is 0 Å². The second-order valence-electron chi connectivity index (χ2n) is 5.03. The second kappa shape index (κ2) is 4.58. The van der Waals surface area contributed by atoms with Gasteiger partial charge in [0, 0.05) is 12.0 Å². The summed E-state index contributed by atoms with van der Waals surface area (Å²) in [4.78, 5) is 0. The summed E-state index contributed by atoms with van der Waals surface area (Å²) in [5.74, 6) is 0. The molecule has 0 bridgehead atoms. The molecule has 1 aromatic carbocycles. The van der Waals surface area contributed by atoms with Crippen LogP contribution in [0.2, 0.25) is 0 Å². The number of aryl methyl sites for hydroxylation is 2. The van der Waals surface area contributed by atoms with Crippen molar-refractivity contribution in [2.75, 3.05) is 6.54 Å². The predicted molar refractivity (Wildman–Crippen MR) is 69.8 cm³/mol. The van der Waals surface area contributed by atoms with Gasteiger partial charge in [0.1, 0.15) is 0 Å². The first-order valence-electron chi connectivity index (χ1n) is 6.58. The van der Waals surface area contributed by atoms with Gasteiger partial charge in [-0.1, -0.05) is 38.5 Å². The molecular formula is C15H23N. The van der Waals surface area contributed by atoms with E-state index >= 15 is 0 Å². The highest BCUT2D eigenvalue weighted by Gasteiger charge is 2.37. The van der Waals surface area contributed by atoms with E-state index in [1.807, 2.05) is 0 Å². The molecule has 1 fully saturated rings. The third kappa shape index (κ3) is 1.78. The molecule has 1 aliphatic carbocycles. The van der Waals surface area contributed by atoms with E-state index in [9.17, 15) is 0 Å². The average Bonchev–Trinajstić information content (AvgIpc) is 2.28. The maximum Gasteiger partial charge on any atom is 0.00756 e. The van der Waals surface area contributed by atoms with Crippen molar-refractivity contribution >= 4 is 0 Å². The molecule has 0 unspecified atom stereocenters. The van der Waals surface area contributed by atoms with Crippen LogP contribution in [-0.2, 0) is 18.3 Å². The van der Waals surface area contributed by atoms with Gasteiger partial charge in [0.25, 0.3) is 0 Å². The Morgan fingerprint density at radius 2 is 1.81 bits per heavy atom. The summed E-state index contributed by atoms with van der Waals surface area (Å²) in [6.07, 6.45) is 6.17. The van der Waals surface area contributed by atoms with Crippen LogP contribution in [0.3, 0.4) is 0 Å². The van der Waals surface area contributed by atoms with Crippen LogP contribution in [0, 0.1) is 0 Å². The molecule has 0 amide bonds. The highest BCUT2D eigenvalue weighted by molar-refractivity contribution is 5.37. The molecule has 0 radical (unpaired) electrons. The van der Waals surface area contributed by atoms with Crippen molar-refractivity contribution in [3.8, 4) is 0 Å². The van der Waals surface area contributed by atoms with Gasteiger partial charge in [-0.05, 0) is 42.4 Å². The first-order chi connectivity index (χ1) is 7.75. The first kappa shape index (κ1) is 11.7. The predicted octanol–water partition coefficient (Wildman–Crippen LogP) is 3.19. The Hall–Kier alpha value is -0.820. The van der Waals surface area contributed by atoms with Gasteiger partial charge >= 0.3 is 0 Å². The summed E-state index contributed by atoms with van der Waals surface area (Å²) in [6, 6.07) is 7.03. The molecule has 1 aliphatic rings. The molecule has 0 aliphatic heterocycles. The van der Waals surface area contributed by atoms with E-state index in [-0.39, 0.29) is 0 Å². The molecule has 1 saturated carbocycles. The Kier molecular flexibility index (Phi) is 3.34. The maximum absolute atomic E-state index is 5.96. The molecule has 0 spiro atoms. The zero-order chi connectivity index (χ0) is 11.6. The monoisotopic (exact) mass is 217 g/mol. The number of nitrogens with two attached hydrogens (primary N) is 1. The van der Waals surface area contributed by atoms with Crippen LogP contribution in [0.15, 0.2) is 18.2 Å². The van der Waals surface area contributed by atoms with Crippen molar-refractivity contribution in [1.29, 1.82) is 0 Å². The number of rotatable bonds is 4. The topological polar surface area (TPSA) is 26.0 Å². The Balaban J connectivity index is 2.35. The molecule has 16 heavy (non-hydrogen) atoms. The van der Waals surface area contributed by atoms with Crippen LogP contribution < -0.4 is 5.73 Å². The molecular weight excluding hydrogens is 194 g/mol. The van der Waals surface area contributed by atoms with Gasteiger partial charge in [0.2, 0.25) is 0 Å². The number of hydrogen-bond acceptors (Lipinski definition) is 1. The van der Waals surface area contributed by atoms with Gasteiger partial charge in [-0.25, -0.2) is 0 Å². The lowest BCUT2D eigenvalue weighted by Gasteiger charge is -2.42. The zero-order valence-corrected chi connectivity index (χ0v) is 10.6. The lowest BCUT2D eigenvalue weighted by Crippen LogP contribution is -2.41. The molecule has 88 valence electrons. The van der Waals surface area contributed by atoms with E-state index in [4.69, 9.17) is 5.73 Å². The first-order valence-corrected chi connectivity index (χ1v) is 6.58. The quantitative estimate of drug-likeness (QED) is 0.823. The number of hydrogen-bond donors (Lipinski definition) is 1.